The van der Waals surface area contributed by atoms with Crippen LogP contribution in [-0.2, 0) is 0 Å². The number of nitrogens with zero attached hydrogens (tertiary/aromatic N) is 5. The number of aromatic nitrogens is 4. The van der Waals surface area contributed by atoms with Crippen molar-refractivity contribution in [1.82, 2.24) is 30.3 Å². The summed E-state index contributed by atoms with van der Waals surface area (Å²) < 4.78 is 5.47. The molecule has 1 aliphatic heterocycles. The molecule has 27 heavy (non-hydrogen) atoms. The fraction of sp³-hybridized carbons (Fsp3) is 0.278. The van der Waals surface area contributed by atoms with Crippen LogP contribution in [-0.4, -0.2) is 50.5 Å². The SMILES string of the molecule is CN1C[C@@H](NC(=O)c2cnccn2)C[C@H]1c1nc(-c2ccc(Cl)cc2)no1. The van der Waals surface area contributed by atoms with Crippen LogP contribution in [0, 0.1) is 0 Å². The maximum absolute atomic E-state index is 12.3. The van der Waals surface area contributed by atoms with Gasteiger partial charge in [0.2, 0.25) is 11.7 Å². The first kappa shape index (κ1) is 17.6. The molecule has 1 aromatic carbocycles. The minimum atomic E-state index is -0.241. The summed E-state index contributed by atoms with van der Waals surface area (Å²) in [5.74, 6) is 0.801. The van der Waals surface area contributed by atoms with Gasteiger partial charge in [0.1, 0.15) is 5.69 Å². The summed E-state index contributed by atoms with van der Waals surface area (Å²) in [4.78, 5) is 26.8. The van der Waals surface area contributed by atoms with E-state index in [1.54, 1.807) is 12.1 Å². The van der Waals surface area contributed by atoms with Crippen LogP contribution in [0.1, 0.15) is 28.8 Å². The Bertz CT molecular complexity index is 931. The van der Waals surface area contributed by atoms with Gasteiger partial charge in [-0.15, -0.1) is 0 Å². The van der Waals surface area contributed by atoms with Crippen LogP contribution in [0.5, 0.6) is 0 Å². The van der Waals surface area contributed by atoms with Crippen LogP contribution in [0.25, 0.3) is 11.4 Å². The zero-order valence-electron chi connectivity index (χ0n) is 14.5. The Morgan fingerprint density at radius 2 is 2.11 bits per heavy atom. The van der Waals surface area contributed by atoms with Gasteiger partial charge in [0.15, 0.2) is 0 Å². The molecule has 0 radical (unpaired) electrons. The number of carbonyl (C=O) groups excluding carboxylic acids is 1. The quantitative estimate of drug-likeness (QED) is 0.737. The minimum Gasteiger partial charge on any atom is -0.347 e. The summed E-state index contributed by atoms with van der Waals surface area (Å²) in [5, 5.41) is 7.70. The van der Waals surface area contributed by atoms with E-state index in [1.807, 2.05) is 19.2 Å². The fourth-order valence-corrected chi connectivity index (χ4v) is 3.28. The topological polar surface area (TPSA) is 97.0 Å². The molecular formula is C18H17ClN6O2. The number of hydrogen-bond acceptors (Lipinski definition) is 7. The van der Waals surface area contributed by atoms with Crippen LogP contribution in [0.3, 0.4) is 0 Å². The van der Waals surface area contributed by atoms with Gasteiger partial charge in [-0.2, -0.15) is 4.98 Å². The fourth-order valence-electron chi connectivity index (χ4n) is 3.16. The standard InChI is InChI=1S/C18H17ClN6O2/c1-25-10-13(22-17(26)14-9-20-6-7-21-14)8-15(25)18-23-16(24-27-18)11-2-4-12(19)5-3-11/h2-7,9,13,15H,8,10H2,1H3,(H,22,26)/t13-,15-/m0/s1. The summed E-state index contributed by atoms with van der Waals surface area (Å²) in [6.07, 6.45) is 5.14. The molecule has 0 saturated carbocycles. The van der Waals surface area contributed by atoms with Crippen LogP contribution in [0.15, 0.2) is 47.4 Å². The van der Waals surface area contributed by atoms with E-state index in [-0.39, 0.29) is 18.0 Å². The van der Waals surface area contributed by atoms with Gasteiger partial charge in [-0.05, 0) is 37.7 Å². The van der Waals surface area contributed by atoms with Crippen LogP contribution < -0.4 is 5.32 Å². The van der Waals surface area contributed by atoms with Crippen molar-refractivity contribution in [2.45, 2.75) is 18.5 Å². The zero-order chi connectivity index (χ0) is 18.8. The Balaban J connectivity index is 1.44. The van der Waals surface area contributed by atoms with E-state index in [0.29, 0.717) is 35.4 Å². The number of hydrogen-bond donors (Lipinski definition) is 1. The van der Waals surface area contributed by atoms with Gasteiger partial charge < -0.3 is 9.84 Å². The first-order valence-corrected chi connectivity index (χ1v) is 8.84. The third-order valence-electron chi connectivity index (χ3n) is 4.51. The molecule has 138 valence electrons. The number of benzene rings is 1. The van der Waals surface area contributed by atoms with Crippen molar-refractivity contribution in [2.24, 2.45) is 0 Å². The lowest BCUT2D eigenvalue weighted by Crippen LogP contribution is -2.36. The zero-order valence-corrected chi connectivity index (χ0v) is 15.3. The molecule has 0 aliphatic carbocycles. The molecule has 1 saturated heterocycles. The largest absolute Gasteiger partial charge is 0.347 e. The van der Waals surface area contributed by atoms with E-state index in [1.165, 1.54) is 18.6 Å². The molecule has 0 unspecified atom stereocenters. The lowest BCUT2D eigenvalue weighted by molar-refractivity contribution is 0.0933. The molecule has 9 heteroatoms. The van der Waals surface area contributed by atoms with E-state index in [4.69, 9.17) is 16.1 Å². The van der Waals surface area contributed by atoms with E-state index in [9.17, 15) is 4.79 Å². The molecule has 2 aromatic heterocycles. The van der Waals surface area contributed by atoms with Gasteiger partial charge in [-0.1, -0.05) is 16.8 Å². The van der Waals surface area contributed by atoms with Gasteiger partial charge in [0.25, 0.3) is 5.91 Å². The van der Waals surface area contributed by atoms with Gasteiger partial charge in [0, 0.05) is 35.6 Å². The third kappa shape index (κ3) is 3.81. The first-order valence-electron chi connectivity index (χ1n) is 8.47. The van der Waals surface area contributed by atoms with Gasteiger partial charge in [-0.25, -0.2) is 4.98 Å². The van der Waals surface area contributed by atoms with Crippen molar-refractivity contribution in [3.63, 3.8) is 0 Å². The second kappa shape index (κ2) is 7.42. The molecule has 4 rings (SSSR count). The monoisotopic (exact) mass is 384 g/mol. The van der Waals surface area contributed by atoms with Crippen molar-refractivity contribution in [1.29, 1.82) is 0 Å². The second-order valence-corrected chi connectivity index (χ2v) is 6.85. The third-order valence-corrected chi connectivity index (χ3v) is 4.76. The Labute approximate surface area is 160 Å². The molecule has 1 N–H and O–H groups in total. The molecule has 1 fully saturated rings. The highest BCUT2D eigenvalue weighted by Gasteiger charge is 2.35. The molecule has 2 atom stereocenters. The Kier molecular flexibility index (Phi) is 4.83. The van der Waals surface area contributed by atoms with E-state index in [2.05, 4.69) is 30.3 Å². The molecule has 1 amide bonds. The summed E-state index contributed by atoms with van der Waals surface area (Å²) in [6.45, 7) is 0.676. The van der Waals surface area contributed by atoms with Gasteiger partial charge >= 0.3 is 0 Å². The predicted octanol–water partition coefficient (Wildman–Crippen LogP) is 2.36. The molecule has 1 aliphatic rings. The number of carbonyl (C=O) groups is 1. The second-order valence-electron chi connectivity index (χ2n) is 6.42. The number of halogens is 1. The van der Waals surface area contributed by atoms with Crippen molar-refractivity contribution < 1.29 is 9.32 Å². The molecule has 0 bridgehead atoms. The highest BCUT2D eigenvalue weighted by Crippen LogP contribution is 2.31. The maximum Gasteiger partial charge on any atom is 0.271 e. The molecule has 8 nitrogen and oxygen atoms in total. The van der Waals surface area contributed by atoms with Gasteiger partial charge in [-0.3, -0.25) is 14.7 Å². The van der Waals surface area contributed by atoms with Crippen molar-refractivity contribution in [3.8, 4) is 11.4 Å². The minimum absolute atomic E-state index is 0.0413. The van der Waals surface area contributed by atoms with Crippen LogP contribution in [0.4, 0.5) is 0 Å². The number of rotatable bonds is 4. The number of amides is 1. The van der Waals surface area contributed by atoms with Crippen LogP contribution in [0.2, 0.25) is 5.02 Å². The number of likely N-dealkylation sites (tertiary alicyclic amines) is 1. The summed E-state index contributed by atoms with van der Waals surface area (Å²) >= 11 is 5.92. The average molecular weight is 385 g/mol. The van der Waals surface area contributed by atoms with Crippen molar-refractivity contribution in [3.05, 3.63) is 59.5 Å². The van der Waals surface area contributed by atoms with Crippen molar-refractivity contribution in [2.75, 3.05) is 13.6 Å². The first-order chi connectivity index (χ1) is 13.1. The summed E-state index contributed by atoms with van der Waals surface area (Å²) in [5.41, 5.74) is 1.13. The Morgan fingerprint density at radius 1 is 1.30 bits per heavy atom. The number of likely N-dealkylation sites (N-methyl/N-ethyl adjacent to an activating group) is 1. The van der Waals surface area contributed by atoms with E-state index in [0.717, 1.165) is 5.56 Å². The lowest BCUT2D eigenvalue weighted by Gasteiger charge is -2.14. The smallest absolute Gasteiger partial charge is 0.271 e. The predicted molar refractivity (Wildman–Crippen MR) is 98.0 cm³/mol. The normalized spacial score (nSPS) is 19.9. The summed E-state index contributed by atoms with van der Waals surface area (Å²) in [6, 6.07) is 7.16. The van der Waals surface area contributed by atoms with E-state index >= 15 is 0 Å². The number of nitrogens with one attached hydrogen (secondary N) is 1. The van der Waals surface area contributed by atoms with Crippen molar-refractivity contribution >= 4 is 17.5 Å². The average Bonchev–Trinajstić information content (AvgIpc) is 3.30. The van der Waals surface area contributed by atoms with Gasteiger partial charge in [0.05, 0.1) is 12.2 Å². The highest BCUT2D eigenvalue weighted by atomic mass is 35.5. The molecular weight excluding hydrogens is 368 g/mol. The Hall–Kier alpha value is -2.84. The molecule has 3 aromatic rings. The lowest BCUT2D eigenvalue weighted by atomic mass is 10.1. The molecule has 3 heterocycles. The molecule has 0 spiro atoms. The highest BCUT2D eigenvalue weighted by molar-refractivity contribution is 6.30. The van der Waals surface area contributed by atoms with E-state index < -0.39 is 0 Å². The Morgan fingerprint density at radius 3 is 2.85 bits per heavy atom. The van der Waals surface area contributed by atoms with Crippen LogP contribution >= 0.6 is 11.6 Å². The maximum atomic E-state index is 12.3. The summed E-state index contributed by atoms with van der Waals surface area (Å²) in [7, 11) is 1.96.